The van der Waals surface area contributed by atoms with Gasteiger partial charge in [-0.1, -0.05) is 107 Å². The highest BCUT2D eigenvalue weighted by atomic mass is 28.2. The van der Waals surface area contributed by atoms with Gasteiger partial charge in [0.25, 0.3) is 0 Å². The van der Waals surface area contributed by atoms with Crippen molar-refractivity contribution in [3.63, 3.8) is 0 Å². The van der Waals surface area contributed by atoms with Gasteiger partial charge in [-0.2, -0.15) is 0 Å². The van der Waals surface area contributed by atoms with E-state index in [1.807, 2.05) is 0 Å². The lowest BCUT2D eigenvalue weighted by molar-refractivity contribution is 1.87. The lowest BCUT2D eigenvalue weighted by atomic mass is 9.94. The fraction of sp³-hybridized carbons (Fsp3) is 0.250. The van der Waals surface area contributed by atoms with E-state index in [1.165, 1.54) is 32.3 Å². The van der Waals surface area contributed by atoms with Crippen LogP contribution < -0.4 is 31.1 Å². The van der Waals surface area contributed by atoms with Crippen molar-refractivity contribution in [3.05, 3.63) is 36.4 Å². The molecule has 0 saturated heterocycles. The summed E-state index contributed by atoms with van der Waals surface area (Å²) in [6.45, 7) is 14.0. The zero-order chi connectivity index (χ0) is 21.4. The first-order chi connectivity index (χ1) is 14.6. The molecule has 0 atom stereocenters. The van der Waals surface area contributed by atoms with Crippen LogP contribution in [0.5, 0.6) is 0 Å². The van der Waals surface area contributed by atoms with E-state index in [9.17, 15) is 0 Å². The molecule has 0 N–H and O–H groups in total. The maximum absolute atomic E-state index is 2.53. The molecule has 0 spiro atoms. The van der Waals surface area contributed by atoms with Crippen LogP contribution in [0.3, 0.4) is 0 Å². The smallest absolute Gasteiger partial charge is 0.0688 e. The Kier molecular flexibility index (Phi) is 6.81. The van der Waals surface area contributed by atoms with E-state index in [2.05, 4.69) is 75.7 Å². The Morgan fingerprint density at radius 1 is 0.300 bits per heavy atom. The maximum atomic E-state index is 2.53. The summed E-state index contributed by atoms with van der Waals surface area (Å²) in [5.74, 6) is 0. The molecule has 6 heteroatoms. The molecule has 144 valence electrons. The minimum absolute atomic E-state index is 0.851. The van der Waals surface area contributed by atoms with Crippen molar-refractivity contribution in [3.8, 4) is 0 Å². The van der Waals surface area contributed by atoms with Gasteiger partial charge >= 0.3 is 0 Å². The fourth-order valence-electron chi connectivity index (χ4n) is 4.38. The van der Waals surface area contributed by atoms with Gasteiger partial charge < -0.3 is 0 Å². The summed E-state index contributed by atoms with van der Waals surface area (Å²) in [7, 11) is 5.10. The molecule has 4 rings (SSSR count). The highest BCUT2D eigenvalue weighted by molar-refractivity contribution is 6.68. The van der Waals surface area contributed by atoms with Crippen molar-refractivity contribution < 1.29 is 0 Å². The van der Waals surface area contributed by atoms with Crippen molar-refractivity contribution in [1.29, 1.82) is 0 Å². The van der Waals surface area contributed by atoms with Gasteiger partial charge in [-0.3, -0.25) is 0 Å². The largest absolute Gasteiger partial charge is 0.0771 e. The predicted octanol–water partition coefficient (Wildman–Crippen LogP) is 1.41. The Hall–Kier alpha value is -1.04. The minimum atomic E-state index is 0.851. The third-order valence-electron chi connectivity index (χ3n) is 5.96. The van der Waals surface area contributed by atoms with Gasteiger partial charge in [0, 0.05) is 0 Å². The van der Waals surface area contributed by atoms with E-state index in [0.29, 0.717) is 0 Å². The molecule has 0 nitrogen and oxygen atoms in total. The van der Waals surface area contributed by atoms with Gasteiger partial charge in [0.05, 0.1) is 57.1 Å². The number of rotatable bonds is 6. The molecule has 12 radical (unpaired) electrons. The van der Waals surface area contributed by atoms with Gasteiger partial charge in [0.15, 0.2) is 0 Å². The molecule has 0 aromatic heterocycles. The zero-order valence-corrected chi connectivity index (χ0v) is 24.5. The summed E-state index contributed by atoms with van der Waals surface area (Å²) in [6, 6.07) is 15.2. The van der Waals surface area contributed by atoms with Crippen LogP contribution in [-0.2, 0) is 0 Å². The minimum Gasteiger partial charge on any atom is -0.0688 e. The molecule has 0 bridgehead atoms. The summed E-state index contributed by atoms with van der Waals surface area (Å²) >= 11 is 0. The summed E-state index contributed by atoms with van der Waals surface area (Å²) < 4.78 is 0. The molecule has 0 amide bonds. The van der Waals surface area contributed by atoms with E-state index in [-0.39, 0.29) is 0 Å². The third-order valence-corrected chi connectivity index (χ3v) is 12.4. The monoisotopic (exact) mass is 480 g/mol. The summed E-state index contributed by atoms with van der Waals surface area (Å²) in [5.41, 5.74) is 0. The van der Waals surface area contributed by atoms with Crippen LogP contribution >= 0.6 is 0 Å². The molecular weight excluding hydrogens is 457 g/mol. The predicted molar refractivity (Wildman–Crippen MR) is 146 cm³/mol. The number of hydrogen-bond acceptors (Lipinski definition) is 0. The van der Waals surface area contributed by atoms with Crippen molar-refractivity contribution in [2.75, 3.05) is 0 Å². The normalized spacial score (nSPS) is 11.8. The van der Waals surface area contributed by atoms with Crippen LogP contribution in [0.1, 0.15) is 0 Å². The van der Waals surface area contributed by atoms with Gasteiger partial charge in [-0.15, -0.1) is 0 Å². The molecule has 0 saturated carbocycles. The van der Waals surface area contributed by atoms with Crippen molar-refractivity contribution in [2.24, 2.45) is 0 Å². The summed E-state index contributed by atoms with van der Waals surface area (Å²) in [4.78, 5) is 0. The molecule has 0 aliphatic carbocycles. The van der Waals surface area contributed by atoms with Crippen LogP contribution in [0.15, 0.2) is 36.4 Å². The summed E-state index contributed by atoms with van der Waals surface area (Å²) in [6.07, 6.45) is 0. The highest BCUT2D eigenvalue weighted by Crippen LogP contribution is 2.33. The lowest BCUT2D eigenvalue weighted by Crippen LogP contribution is -2.35. The first kappa shape index (κ1) is 22.2. The lowest BCUT2D eigenvalue weighted by Gasteiger charge is -2.18. The molecule has 0 aliphatic heterocycles. The van der Waals surface area contributed by atoms with E-state index < -0.39 is 0 Å². The van der Waals surface area contributed by atoms with E-state index in [1.54, 1.807) is 31.1 Å². The zero-order valence-electron chi connectivity index (χ0n) is 18.5. The molecule has 4 aromatic carbocycles. The number of hydrogen-bond donors (Lipinski definition) is 0. The second kappa shape index (κ2) is 9.22. The molecule has 4 aromatic rings. The molecule has 0 fully saturated rings. The second-order valence-electron chi connectivity index (χ2n) is 7.33. The van der Waals surface area contributed by atoms with Crippen molar-refractivity contribution in [1.82, 2.24) is 0 Å². The quantitative estimate of drug-likeness (QED) is 0.289. The Bertz CT molecular complexity index is 979. The van der Waals surface area contributed by atoms with E-state index >= 15 is 0 Å². The van der Waals surface area contributed by atoms with Gasteiger partial charge in [0.2, 0.25) is 0 Å². The molecular formula is C24H24Si6. The molecule has 0 unspecified atom stereocenters. The van der Waals surface area contributed by atoms with Crippen LogP contribution in [0.2, 0.25) is 39.3 Å². The van der Waals surface area contributed by atoms with Gasteiger partial charge in [0.1, 0.15) is 0 Å². The molecule has 0 aliphatic rings. The standard InChI is InChI=1S/C24H24Si6/c1-25-19-7-13-14(8-20(19)26-2)16-10-22(28-4)24(30-6)12-18(16)17-11-23(29-5)21(27-3)9-15(13)17/h7-12H,1-6H3. The van der Waals surface area contributed by atoms with Gasteiger partial charge in [-0.25, -0.2) is 0 Å². The fourth-order valence-corrected chi connectivity index (χ4v) is 10.4. The highest BCUT2D eigenvalue weighted by Gasteiger charge is 2.15. The van der Waals surface area contributed by atoms with Crippen LogP contribution in [0, 0.1) is 0 Å². The van der Waals surface area contributed by atoms with Crippen molar-refractivity contribution >= 4 is 121 Å². The average Bonchev–Trinajstić information content (AvgIpc) is 2.81. The van der Waals surface area contributed by atoms with Gasteiger partial charge in [-0.05, 0) is 32.3 Å². The molecule has 0 heterocycles. The SMILES string of the molecule is C[Si]c1cc2c3cc([Si]C)c([Si]C)cc3c3cc([Si]C)c([Si]C)cc3c2cc1[Si]C. The number of fused-ring (bicyclic) bond motifs is 6. The Balaban J connectivity index is 2.29. The first-order valence-electron chi connectivity index (χ1n) is 10.2. The van der Waals surface area contributed by atoms with E-state index in [0.717, 1.165) is 57.1 Å². The second-order valence-corrected chi connectivity index (χ2v) is 13.6. The molecule has 30 heavy (non-hydrogen) atoms. The van der Waals surface area contributed by atoms with E-state index in [4.69, 9.17) is 0 Å². The Labute approximate surface area is 195 Å². The topological polar surface area (TPSA) is 0 Å². The Morgan fingerprint density at radius 2 is 0.433 bits per heavy atom. The van der Waals surface area contributed by atoms with Crippen molar-refractivity contribution in [2.45, 2.75) is 39.3 Å². The first-order valence-corrected chi connectivity index (χ1v) is 19.2. The number of benzene rings is 4. The van der Waals surface area contributed by atoms with Crippen LogP contribution in [-0.4, -0.2) is 57.1 Å². The third kappa shape index (κ3) is 3.61. The van der Waals surface area contributed by atoms with Crippen LogP contribution in [0.4, 0.5) is 0 Å². The Morgan fingerprint density at radius 3 is 0.533 bits per heavy atom. The maximum Gasteiger partial charge on any atom is 0.0771 e. The summed E-state index contributed by atoms with van der Waals surface area (Å²) in [5, 5.41) is 18.1. The average molecular weight is 481 g/mol. The van der Waals surface area contributed by atoms with Crippen LogP contribution in [0.25, 0.3) is 32.3 Å².